The number of nitrogens with zero attached hydrogens (tertiary/aromatic N) is 5. The third kappa shape index (κ3) is 3.70. The Labute approximate surface area is 161 Å². The van der Waals surface area contributed by atoms with E-state index in [0.717, 1.165) is 6.07 Å². The molecule has 0 aliphatic carbocycles. The molecule has 0 saturated carbocycles. The Balaban J connectivity index is 1.72. The molecule has 3 aromatic heterocycles. The van der Waals surface area contributed by atoms with Crippen LogP contribution in [0.3, 0.4) is 0 Å². The van der Waals surface area contributed by atoms with Crippen LogP contribution in [-0.2, 0) is 6.18 Å². The number of nitrogens with one attached hydrogen (secondary N) is 1. The van der Waals surface area contributed by atoms with E-state index in [2.05, 4.69) is 25.5 Å². The monoisotopic (exact) mass is 399 g/mol. The van der Waals surface area contributed by atoms with E-state index in [1.54, 1.807) is 30.6 Å². The predicted molar refractivity (Wildman–Crippen MR) is 97.3 cm³/mol. The van der Waals surface area contributed by atoms with Crippen LogP contribution in [0.25, 0.3) is 16.8 Å². The lowest BCUT2D eigenvalue weighted by molar-refractivity contribution is -0.137. The molecule has 146 valence electrons. The molecule has 0 bridgehead atoms. The highest BCUT2D eigenvalue weighted by molar-refractivity contribution is 5.94. The van der Waals surface area contributed by atoms with E-state index in [0.29, 0.717) is 22.8 Å². The lowest BCUT2D eigenvalue weighted by Crippen LogP contribution is -2.14. The number of benzene rings is 1. The van der Waals surface area contributed by atoms with Crippen LogP contribution in [0.4, 0.5) is 24.8 Å². The van der Waals surface area contributed by atoms with Crippen molar-refractivity contribution in [2.24, 2.45) is 5.73 Å². The van der Waals surface area contributed by atoms with Gasteiger partial charge in [-0.2, -0.15) is 28.0 Å². The van der Waals surface area contributed by atoms with Crippen molar-refractivity contribution in [3.05, 3.63) is 66.1 Å². The predicted octanol–water partition coefficient (Wildman–Crippen LogP) is 3.05. The lowest BCUT2D eigenvalue weighted by atomic mass is 10.1. The minimum Gasteiger partial charge on any atom is -0.366 e. The number of halogens is 3. The highest BCUT2D eigenvalue weighted by atomic mass is 19.4. The number of rotatable bonds is 4. The van der Waals surface area contributed by atoms with Gasteiger partial charge >= 0.3 is 6.18 Å². The summed E-state index contributed by atoms with van der Waals surface area (Å²) in [5.74, 6) is -0.937. The number of aromatic nitrogens is 5. The number of primary amides is 1. The molecule has 4 rings (SSSR count). The van der Waals surface area contributed by atoms with E-state index in [1.807, 2.05) is 0 Å². The van der Waals surface area contributed by atoms with Gasteiger partial charge in [0.05, 0.1) is 23.0 Å². The van der Waals surface area contributed by atoms with Gasteiger partial charge in [0.2, 0.25) is 11.9 Å². The third-order valence-corrected chi connectivity index (χ3v) is 4.04. The van der Waals surface area contributed by atoms with Crippen molar-refractivity contribution < 1.29 is 18.0 Å². The largest absolute Gasteiger partial charge is 0.416 e. The van der Waals surface area contributed by atoms with E-state index in [9.17, 15) is 18.0 Å². The summed E-state index contributed by atoms with van der Waals surface area (Å²) in [5.41, 5.74) is 5.70. The van der Waals surface area contributed by atoms with E-state index in [4.69, 9.17) is 5.73 Å². The average molecular weight is 399 g/mol. The van der Waals surface area contributed by atoms with Gasteiger partial charge in [0.1, 0.15) is 0 Å². The first-order chi connectivity index (χ1) is 13.8. The minimum absolute atomic E-state index is 0.0210. The Morgan fingerprint density at radius 3 is 2.69 bits per heavy atom. The van der Waals surface area contributed by atoms with Crippen molar-refractivity contribution in [1.82, 2.24) is 24.8 Å². The lowest BCUT2D eigenvalue weighted by Gasteiger charge is -2.12. The maximum absolute atomic E-state index is 13.1. The quantitative estimate of drug-likeness (QED) is 0.546. The zero-order valence-corrected chi connectivity index (χ0v) is 14.6. The van der Waals surface area contributed by atoms with Gasteiger partial charge < -0.3 is 11.1 Å². The number of anilines is 2. The van der Waals surface area contributed by atoms with E-state index in [1.165, 1.54) is 16.9 Å². The summed E-state index contributed by atoms with van der Waals surface area (Å²) >= 11 is 0. The molecule has 1 aromatic carbocycles. The fourth-order valence-corrected chi connectivity index (χ4v) is 2.73. The molecule has 3 heterocycles. The fourth-order valence-electron chi connectivity index (χ4n) is 2.73. The Hall–Kier alpha value is -4.02. The molecule has 0 fully saturated rings. The maximum Gasteiger partial charge on any atom is 0.416 e. The number of hydrogen-bond donors (Lipinski definition) is 2. The van der Waals surface area contributed by atoms with Crippen molar-refractivity contribution in [2.75, 3.05) is 5.32 Å². The molecule has 3 N–H and O–H groups in total. The zero-order valence-electron chi connectivity index (χ0n) is 14.6. The van der Waals surface area contributed by atoms with Crippen LogP contribution in [0.5, 0.6) is 0 Å². The van der Waals surface area contributed by atoms with Crippen LogP contribution in [0.15, 0.2) is 55.0 Å². The van der Waals surface area contributed by atoms with Gasteiger partial charge in [-0.3, -0.25) is 4.79 Å². The van der Waals surface area contributed by atoms with Gasteiger partial charge in [-0.05, 0) is 36.4 Å². The second-order valence-corrected chi connectivity index (χ2v) is 6.01. The first-order valence-corrected chi connectivity index (χ1v) is 8.23. The third-order valence-electron chi connectivity index (χ3n) is 4.04. The zero-order chi connectivity index (χ0) is 20.6. The molecule has 29 heavy (non-hydrogen) atoms. The summed E-state index contributed by atoms with van der Waals surface area (Å²) in [4.78, 5) is 19.8. The van der Waals surface area contributed by atoms with Crippen LogP contribution in [0.1, 0.15) is 15.9 Å². The molecule has 0 aliphatic heterocycles. The number of amides is 1. The summed E-state index contributed by atoms with van der Waals surface area (Å²) < 4.78 is 40.8. The Morgan fingerprint density at radius 1 is 1.10 bits per heavy atom. The summed E-state index contributed by atoms with van der Waals surface area (Å²) in [6.45, 7) is 0. The van der Waals surface area contributed by atoms with Gasteiger partial charge in [0.15, 0.2) is 0 Å². The number of carbonyl (C=O) groups excluding carboxylic acids is 1. The molecule has 0 unspecified atom stereocenters. The topological polar surface area (TPSA) is 111 Å². The Morgan fingerprint density at radius 2 is 1.93 bits per heavy atom. The van der Waals surface area contributed by atoms with E-state index < -0.39 is 17.6 Å². The molecule has 0 atom stereocenters. The van der Waals surface area contributed by atoms with Crippen LogP contribution >= 0.6 is 0 Å². The summed E-state index contributed by atoms with van der Waals surface area (Å²) in [6, 6.07) is 7.92. The standard InChI is InChI=1S/C18H12F3N7O/c19-18(20,21)11-6-10(16(22)29)7-12(8-11)26-17-23-5-3-14(27-17)13-9-25-28-15(13)2-1-4-24-28/h1-9H,(H2,22,29)(H,23,26,27). The second kappa shape index (κ2) is 6.86. The number of alkyl halides is 3. The summed E-state index contributed by atoms with van der Waals surface area (Å²) in [5, 5.41) is 10.9. The molecule has 0 radical (unpaired) electrons. The van der Waals surface area contributed by atoms with Gasteiger partial charge in [-0.25, -0.2) is 9.97 Å². The number of carbonyl (C=O) groups is 1. The summed E-state index contributed by atoms with van der Waals surface area (Å²) in [6.07, 6.45) is -0.0353. The van der Waals surface area contributed by atoms with Crippen LogP contribution in [0, 0.1) is 0 Å². The second-order valence-electron chi connectivity index (χ2n) is 6.01. The minimum atomic E-state index is -4.64. The average Bonchev–Trinajstić information content (AvgIpc) is 3.11. The van der Waals surface area contributed by atoms with E-state index in [-0.39, 0.29) is 17.2 Å². The van der Waals surface area contributed by atoms with Gasteiger partial charge in [-0.1, -0.05) is 0 Å². The Kier molecular flexibility index (Phi) is 4.34. The summed E-state index contributed by atoms with van der Waals surface area (Å²) in [7, 11) is 0. The first kappa shape index (κ1) is 18.3. The SMILES string of the molecule is NC(=O)c1cc(Nc2nccc(-c3cnn4ncccc34)n2)cc(C(F)(F)F)c1. The number of hydrogen-bond acceptors (Lipinski definition) is 6. The molecule has 1 amide bonds. The Bertz CT molecular complexity index is 1220. The molecular formula is C18H12F3N7O. The highest BCUT2D eigenvalue weighted by Gasteiger charge is 2.31. The van der Waals surface area contributed by atoms with Crippen molar-refractivity contribution >= 4 is 23.1 Å². The highest BCUT2D eigenvalue weighted by Crippen LogP contribution is 2.32. The smallest absolute Gasteiger partial charge is 0.366 e. The molecule has 8 nitrogen and oxygen atoms in total. The van der Waals surface area contributed by atoms with Crippen LogP contribution in [-0.4, -0.2) is 30.7 Å². The maximum atomic E-state index is 13.1. The molecular weight excluding hydrogens is 387 g/mol. The van der Waals surface area contributed by atoms with Gasteiger partial charge in [0.25, 0.3) is 0 Å². The van der Waals surface area contributed by atoms with Gasteiger partial charge in [-0.15, -0.1) is 0 Å². The fraction of sp³-hybridized carbons (Fsp3) is 0.0556. The van der Waals surface area contributed by atoms with Crippen LogP contribution in [0.2, 0.25) is 0 Å². The van der Waals surface area contributed by atoms with Crippen LogP contribution < -0.4 is 11.1 Å². The van der Waals surface area contributed by atoms with Crippen molar-refractivity contribution in [1.29, 1.82) is 0 Å². The molecule has 4 aromatic rings. The van der Waals surface area contributed by atoms with Gasteiger partial charge in [0, 0.05) is 29.2 Å². The molecule has 0 saturated heterocycles. The van der Waals surface area contributed by atoms with Crippen molar-refractivity contribution in [3.8, 4) is 11.3 Å². The normalized spacial score (nSPS) is 11.6. The molecule has 0 spiro atoms. The van der Waals surface area contributed by atoms with Crippen molar-refractivity contribution in [3.63, 3.8) is 0 Å². The first-order valence-electron chi connectivity index (χ1n) is 8.23. The molecule has 0 aliphatic rings. The molecule has 11 heteroatoms. The number of nitrogens with two attached hydrogens (primary N) is 1. The number of fused-ring (bicyclic) bond motifs is 1. The van der Waals surface area contributed by atoms with E-state index >= 15 is 0 Å². The van der Waals surface area contributed by atoms with Crippen molar-refractivity contribution in [2.45, 2.75) is 6.18 Å².